The van der Waals surface area contributed by atoms with Crippen molar-refractivity contribution in [2.45, 2.75) is 20.0 Å². The molecular formula is C17H21NO3. The van der Waals surface area contributed by atoms with Gasteiger partial charge in [-0.15, -0.1) is 0 Å². The summed E-state index contributed by atoms with van der Waals surface area (Å²) in [5, 5.41) is 13.3. The number of para-hydroxylation sites is 2. The van der Waals surface area contributed by atoms with Crippen LogP contribution < -0.4 is 14.8 Å². The van der Waals surface area contributed by atoms with E-state index in [0.717, 1.165) is 16.9 Å². The van der Waals surface area contributed by atoms with Gasteiger partial charge >= 0.3 is 0 Å². The van der Waals surface area contributed by atoms with Gasteiger partial charge in [0.1, 0.15) is 5.75 Å². The van der Waals surface area contributed by atoms with Gasteiger partial charge in [0, 0.05) is 24.2 Å². The molecule has 0 atom stereocenters. The van der Waals surface area contributed by atoms with Gasteiger partial charge in [-0.1, -0.05) is 30.3 Å². The Labute approximate surface area is 125 Å². The molecule has 0 spiro atoms. The van der Waals surface area contributed by atoms with Crippen LogP contribution in [0.2, 0.25) is 0 Å². The molecule has 0 aromatic heterocycles. The highest BCUT2D eigenvalue weighted by atomic mass is 16.5. The number of rotatable bonds is 7. The molecule has 2 aromatic rings. The number of ether oxygens (including phenoxy) is 2. The second-order valence-electron chi connectivity index (χ2n) is 4.61. The molecule has 2 N–H and O–H groups in total. The minimum absolute atomic E-state index is 0.186. The number of methoxy groups -OCH3 is 1. The lowest BCUT2D eigenvalue weighted by atomic mass is 10.1. The Bertz CT molecular complexity index is 584. The van der Waals surface area contributed by atoms with Crippen molar-refractivity contribution >= 4 is 0 Å². The van der Waals surface area contributed by atoms with E-state index in [0.29, 0.717) is 25.4 Å². The Hall–Kier alpha value is -2.20. The quantitative estimate of drug-likeness (QED) is 0.821. The maximum atomic E-state index is 10.0. The predicted molar refractivity (Wildman–Crippen MR) is 82.8 cm³/mol. The lowest BCUT2D eigenvalue weighted by molar-refractivity contribution is 0.335. The number of phenols is 1. The molecule has 2 rings (SSSR count). The lowest BCUT2D eigenvalue weighted by Gasteiger charge is -2.12. The molecule has 0 saturated carbocycles. The molecule has 0 saturated heterocycles. The van der Waals surface area contributed by atoms with Crippen LogP contribution >= 0.6 is 0 Å². The van der Waals surface area contributed by atoms with Gasteiger partial charge in [-0.05, 0) is 19.1 Å². The molecule has 0 amide bonds. The highest BCUT2D eigenvalue weighted by Gasteiger charge is 2.07. The Morgan fingerprint density at radius 1 is 0.952 bits per heavy atom. The molecular weight excluding hydrogens is 266 g/mol. The normalized spacial score (nSPS) is 10.4. The summed E-state index contributed by atoms with van der Waals surface area (Å²) in [6.45, 7) is 3.85. The predicted octanol–water partition coefficient (Wildman–Crippen LogP) is 3.09. The van der Waals surface area contributed by atoms with Crippen molar-refractivity contribution in [1.82, 2.24) is 5.32 Å². The fraction of sp³-hybridized carbons (Fsp3) is 0.294. The number of hydrogen-bond donors (Lipinski definition) is 2. The zero-order valence-electron chi connectivity index (χ0n) is 12.4. The SMILES string of the molecule is CCOc1ccccc1CNCc1cccc(OC)c1O. The van der Waals surface area contributed by atoms with Crippen LogP contribution in [0.4, 0.5) is 0 Å². The molecule has 0 aliphatic carbocycles. The van der Waals surface area contributed by atoms with E-state index in [1.807, 2.05) is 43.3 Å². The largest absolute Gasteiger partial charge is 0.504 e. The molecule has 0 aliphatic heterocycles. The van der Waals surface area contributed by atoms with E-state index in [-0.39, 0.29) is 5.75 Å². The monoisotopic (exact) mass is 287 g/mol. The van der Waals surface area contributed by atoms with Gasteiger partial charge in [0.05, 0.1) is 13.7 Å². The zero-order chi connectivity index (χ0) is 15.1. The highest BCUT2D eigenvalue weighted by Crippen LogP contribution is 2.29. The van der Waals surface area contributed by atoms with E-state index >= 15 is 0 Å². The van der Waals surface area contributed by atoms with Gasteiger partial charge < -0.3 is 19.9 Å². The standard InChI is InChI=1S/C17H21NO3/c1-3-21-15-9-5-4-7-13(15)11-18-12-14-8-6-10-16(20-2)17(14)19/h4-10,18-19H,3,11-12H2,1-2H3. The summed E-state index contributed by atoms with van der Waals surface area (Å²) in [5.74, 6) is 1.57. The lowest BCUT2D eigenvalue weighted by Crippen LogP contribution is -2.13. The molecule has 112 valence electrons. The molecule has 0 bridgehead atoms. The molecule has 0 unspecified atom stereocenters. The molecule has 0 fully saturated rings. The molecule has 4 heteroatoms. The molecule has 0 radical (unpaired) electrons. The first kappa shape index (κ1) is 15.2. The fourth-order valence-electron chi connectivity index (χ4n) is 2.15. The molecule has 21 heavy (non-hydrogen) atoms. The summed E-state index contributed by atoms with van der Waals surface area (Å²) in [4.78, 5) is 0. The van der Waals surface area contributed by atoms with Crippen molar-refractivity contribution in [1.29, 1.82) is 0 Å². The van der Waals surface area contributed by atoms with Crippen molar-refractivity contribution in [3.8, 4) is 17.2 Å². The van der Waals surface area contributed by atoms with Crippen molar-refractivity contribution in [2.75, 3.05) is 13.7 Å². The van der Waals surface area contributed by atoms with Gasteiger partial charge in [-0.2, -0.15) is 0 Å². The van der Waals surface area contributed by atoms with E-state index < -0.39 is 0 Å². The van der Waals surface area contributed by atoms with Gasteiger partial charge in [0.15, 0.2) is 11.5 Å². The van der Waals surface area contributed by atoms with E-state index in [1.165, 1.54) is 0 Å². The van der Waals surface area contributed by atoms with Crippen LogP contribution in [0, 0.1) is 0 Å². The maximum absolute atomic E-state index is 10.0. The summed E-state index contributed by atoms with van der Waals surface area (Å²) in [6.07, 6.45) is 0. The smallest absolute Gasteiger partial charge is 0.162 e. The fourth-order valence-corrected chi connectivity index (χ4v) is 2.15. The number of phenolic OH excluding ortho intramolecular Hbond substituents is 1. The minimum atomic E-state index is 0.186. The van der Waals surface area contributed by atoms with Crippen LogP contribution in [0.5, 0.6) is 17.2 Å². The molecule has 4 nitrogen and oxygen atoms in total. The first-order chi connectivity index (χ1) is 10.3. The van der Waals surface area contributed by atoms with Crippen LogP contribution in [-0.4, -0.2) is 18.8 Å². The molecule has 0 heterocycles. The average Bonchev–Trinajstić information content (AvgIpc) is 2.51. The number of aromatic hydroxyl groups is 1. The second kappa shape index (κ2) is 7.55. The van der Waals surface area contributed by atoms with Crippen molar-refractivity contribution in [2.24, 2.45) is 0 Å². The van der Waals surface area contributed by atoms with Crippen LogP contribution in [0.3, 0.4) is 0 Å². The topological polar surface area (TPSA) is 50.7 Å². The summed E-state index contributed by atoms with van der Waals surface area (Å²) in [6, 6.07) is 13.4. The molecule has 2 aromatic carbocycles. The third-order valence-electron chi connectivity index (χ3n) is 3.21. The van der Waals surface area contributed by atoms with Crippen LogP contribution in [0.1, 0.15) is 18.1 Å². The Morgan fingerprint density at radius 2 is 1.62 bits per heavy atom. The van der Waals surface area contributed by atoms with Crippen molar-refractivity contribution in [3.05, 3.63) is 53.6 Å². The van der Waals surface area contributed by atoms with E-state index in [4.69, 9.17) is 9.47 Å². The van der Waals surface area contributed by atoms with Gasteiger partial charge in [0.2, 0.25) is 0 Å². The van der Waals surface area contributed by atoms with Crippen molar-refractivity contribution in [3.63, 3.8) is 0 Å². The van der Waals surface area contributed by atoms with Crippen LogP contribution in [-0.2, 0) is 13.1 Å². The summed E-state index contributed by atoms with van der Waals surface area (Å²) >= 11 is 0. The average molecular weight is 287 g/mol. The first-order valence-corrected chi connectivity index (χ1v) is 7.02. The number of benzene rings is 2. The minimum Gasteiger partial charge on any atom is -0.504 e. The third kappa shape index (κ3) is 3.89. The third-order valence-corrected chi connectivity index (χ3v) is 3.21. The Kier molecular flexibility index (Phi) is 5.46. The summed E-state index contributed by atoms with van der Waals surface area (Å²) < 4.78 is 10.7. The van der Waals surface area contributed by atoms with Gasteiger partial charge in [0.25, 0.3) is 0 Å². The van der Waals surface area contributed by atoms with Gasteiger partial charge in [-0.25, -0.2) is 0 Å². The van der Waals surface area contributed by atoms with E-state index in [2.05, 4.69) is 5.32 Å². The highest BCUT2D eigenvalue weighted by molar-refractivity contribution is 5.45. The van der Waals surface area contributed by atoms with Crippen molar-refractivity contribution < 1.29 is 14.6 Å². The second-order valence-corrected chi connectivity index (χ2v) is 4.61. The number of hydrogen-bond acceptors (Lipinski definition) is 4. The summed E-state index contributed by atoms with van der Waals surface area (Å²) in [7, 11) is 1.55. The Morgan fingerprint density at radius 3 is 2.38 bits per heavy atom. The zero-order valence-corrected chi connectivity index (χ0v) is 12.4. The van der Waals surface area contributed by atoms with E-state index in [1.54, 1.807) is 13.2 Å². The number of nitrogens with one attached hydrogen (secondary N) is 1. The summed E-state index contributed by atoms with van der Waals surface area (Å²) in [5.41, 5.74) is 1.91. The van der Waals surface area contributed by atoms with Crippen LogP contribution in [0.15, 0.2) is 42.5 Å². The van der Waals surface area contributed by atoms with Crippen LogP contribution in [0.25, 0.3) is 0 Å². The first-order valence-electron chi connectivity index (χ1n) is 7.02. The maximum Gasteiger partial charge on any atom is 0.162 e. The molecule has 0 aliphatic rings. The van der Waals surface area contributed by atoms with E-state index in [9.17, 15) is 5.11 Å². The Balaban J connectivity index is 1.99. The van der Waals surface area contributed by atoms with Gasteiger partial charge in [-0.3, -0.25) is 0 Å².